The minimum Gasteiger partial charge on any atom is -0.405 e. The van der Waals surface area contributed by atoms with Crippen molar-refractivity contribution in [1.29, 1.82) is 0 Å². The van der Waals surface area contributed by atoms with E-state index in [0.717, 1.165) is 5.56 Å². The Bertz CT molecular complexity index is 910. The molecule has 1 heterocycles. The molecule has 2 aromatic carbocycles. The highest BCUT2D eigenvalue weighted by molar-refractivity contribution is 5.91. The van der Waals surface area contributed by atoms with Crippen LogP contribution in [0.1, 0.15) is 21.6 Å². The van der Waals surface area contributed by atoms with E-state index < -0.39 is 12.3 Å². The third-order valence-corrected chi connectivity index (χ3v) is 3.60. The Morgan fingerprint density at radius 3 is 2.52 bits per heavy atom. The van der Waals surface area contributed by atoms with Crippen LogP contribution in [0, 0.1) is 0 Å². The average Bonchev–Trinajstić information content (AvgIpc) is 3.09. The molecule has 3 aromatic rings. The average molecular weight is 376 g/mol. The minimum absolute atomic E-state index is 0.0696. The largest absolute Gasteiger partial charge is 0.573 e. The number of rotatable bonds is 6. The summed E-state index contributed by atoms with van der Waals surface area (Å²) in [6.45, 7) is 0.306. The number of para-hydroxylation sites is 1. The minimum atomic E-state index is -4.81. The van der Waals surface area contributed by atoms with Gasteiger partial charge in [-0.05, 0) is 11.6 Å². The van der Waals surface area contributed by atoms with E-state index in [1.165, 1.54) is 29.1 Å². The van der Waals surface area contributed by atoms with Gasteiger partial charge in [-0.3, -0.25) is 4.79 Å². The van der Waals surface area contributed by atoms with E-state index in [0.29, 0.717) is 6.54 Å². The van der Waals surface area contributed by atoms with E-state index in [9.17, 15) is 18.0 Å². The summed E-state index contributed by atoms with van der Waals surface area (Å²) in [5, 5.41) is 10.2. The van der Waals surface area contributed by atoms with Crippen LogP contribution in [0.5, 0.6) is 5.75 Å². The lowest BCUT2D eigenvalue weighted by atomic mass is 10.2. The molecule has 0 aliphatic carbocycles. The smallest absolute Gasteiger partial charge is 0.405 e. The van der Waals surface area contributed by atoms with Crippen molar-refractivity contribution in [2.24, 2.45) is 0 Å². The molecule has 0 aliphatic heterocycles. The highest BCUT2D eigenvalue weighted by atomic mass is 19.4. The highest BCUT2D eigenvalue weighted by Gasteiger charge is 2.32. The van der Waals surface area contributed by atoms with Gasteiger partial charge in [0.05, 0.1) is 12.7 Å². The van der Waals surface area contributed by atoms with E-state index in [2.05, 4.69) is 20.4 Å². The predicted octanol–water partition coefficient (Wildman–Crippen LogP) is 3.16. The van der Waals surface area contributed by atoms with Crippen molar-refractivity contribution >= 4 is 5.91 Å². The molecule has 0 saturated heterocycles. The van der Waals surface area contributed by atoms with E-state index in [4.69, 9.17) is 0 Å². The van der Waals surface area contributed by atoms with Crippen LogP contribution in [0.15, 0.2) is 60.8 Å². The Hall–Kier alpha value is -3.36. The van der Waals surface area contributed by atoms with Gasteiger partial charge in [-0.15, -0.1) is 18.3 Å². The van der Waals surface area contributed by atoms with Crippen molar-refractivity contribution in [3.8, 4) is 5.75 Å². The number of amides is 1. The summed E-state index contributed by atoms with van der Waals surface area (Å²) in [5.41, 5.74) is 1.26. The molecule has 0 saturated carbocycles. The number of benzene rings is 2. The molecule has 0 radical (unpaired) electrons. The number of alkyl halides is 3. The molecule has 0 aliphatic rings. The van der Waals surface area contributed by atoms with Crippen LogP contribution < -0.4 is 10.1 Å². The second-order valence-corrected chi connectivity index (χ2v) is 5.63. The van der Waals surface area contributed by atoms with Gasteiger partial charge in [0.15, 0.2) is 5.69 Å². The van der Waals surface area contributed by atoms with E-state index >= 15 is 0 Å². The highest BCUT2D eigenvalue weighted by Crippen LogP contribution is 2.26. The first-order valence-corrected chi connectivity index (χ1v) is 7.96. The molecular formula is C18H15F3N4O2. The zero-order chi connectivity index (χ0) is 19.3. The van der Waals surface area contributed by atoms with Crippen LogP contribution in [0.25, 0.3) is 0 Å². The van der Waals surface area contributed by atoms with Gasteiger partial charge in [-0.25, -0.2) is 4.68 Å². The van der Waals surface area contributed by atoms with Crippen molar-refractivity contribution in [1.82, 2.24) is 20.3 Å². The lowest BCUT2D eigenvalue weighted by molar-refractivity contribution is -0.274. The first-order chi connectivity index (χ1) is 12.9. The Labute approximate surface area is 152 Å². The maximum Gasteiger partial charge on any atom is 0.573 e. The second-order valence-electron chi connectivity index (χ2n) is 5.63. The van der Waals surface area contributed by atoms with Gasteiger partial charge in [-0.2, -0.15) is 0 Å². The molecule has 0 atom stereocenters. The van der Waals surface area contributed by atoms with Crippen molar-refractivity contribution in [2.45, 2.75) is 19.5 Å². The summed E-state index contributed by atoms with van der Waals surface area (Å²) >= 11 is 0. The lowest BCUT2D eigenvalue weighted by Gasteiger charge is -2.13. The second kappa shape index (κ2) is 7.90. The molecule has 1 N–H and O–H groups in total. The van der Waals surface area contributed by atoms with E-state index in [-0.39, 0.29) is 23.6 Å². The zero-order valence-electron chi connectivity index (χ0n) is 14.0. The zero-order valence-corrected chi connectivity index (χ0v) is 14.0. The normalized spacial score (nSPS) is 11.2. The van der Waals surface area contributed by atoms with Gasteiger partial charge in [0.1, 0.15) is 5.75 Å². The predicted molar refractivity (Wildman–Crippen MR) is 89.9 cm³/mol. The number of aromatic nitrogens is 3. The third-order valence-electron chi connectivity index (χ3n) is 3.60. The van der Waals surface area contributed by atoms with Crippen LogP contribution in [-0.4, -0.2) is 27.3 Å². The summed E-state index contributed by atoms with van der Waals surface area (Å²) in [6.07, 6.45) is -3.33. The molecule has 0 bridgehead atoms. The summed E-state index contributed by atoms with van der Waals surface area (Å²) in [6, 6.07) is 15.1. The fraction of sp³-hybridized carbons (Fsp3) is 0.167. The summed E-state index contributed by atoms with van der Waals surface area (Å²) in [7, 11) is 0. The van der Waals surface area contributed by atoms with Crippen molar-refractivity contribution in [2.75, 3.05) is 0 Å². The number of ether oxygens (including phenoxy) is 1. The van der Waals surface area contributed by atoms with Gasteiger partial charge in [0, 0.05) is 12.1 Å². The number of hydrogen-bond donors (Lipinski definition) is 1. The van der Waals surface area contributed by atoms with Gasteiger partial charge < -0.3 is 10.1 Å². The maximum atomic E-state index is 12.4. The maximum absolute atomic E-state index is 12.4. The Morgan fingerprint density at radius 2 is 1.78 bits per heavy atom. The molecule has 0 spiro atoms. The van der Waals surface area contributed by atoms with Crippen molar-refractivity contribution < 1.29 is 22.7 Å². The monoisotopic (exact) mass is 376 g/mol. The SMILES string of the molecule is O=C(NCc1ccccc1OC(F)(F)F)c1cn(Cc2ccccc2)nn1. The van der Waals surface area contributed by atoms with Gasteiger partial charge in [0.25, 0.3) is 5.91 Å². The molecule has 140 valence electrons. The standard InChI is InChI=1S/C18H15F3N4O2/c19-18(20,21)27-16-9-5-4-8-14(16)10-22-17(26)15-12-25(24-23-15)11-13-6-2-1-3-7-13/h1-9,12H,10-11H2,(H,22,26). The van der Waals surface area contributed by atoms with Crippen LogP contribution in [0.4, 0.5) is 13.2 Å². The van der Waals surface area contributed by atoms with Crippen LogP contribution in [0.2, 0.25) is 0 Å². The number of nitrogens with one attached hydrogen (secondary N) is 1. The Kier molecular flexibility index (Phi) is 5.39. The quantitative estimate of drug-likeness (QED) is 0.718. The first-order valence-electron chi connectivity index (χ1n) is 7.96. The van der Waals surface area contributed by atoms with E-state index in [1.54, 1.807) is 6.07 Å². The molecule has 1 amide bonds. The van der Waals surface area contributed by atoms with Crippen molar-refractivity contribution in [3.63, 3.8) is 0 Å². The summed E-state index contributed by atoms with van der Waals surface area (Å²) in [5.74, 6) is -0.908. The van der Waals surface area contributed by atoms with Crippen LogP contribution in [0.3, 0.4) is 0 Å². The van der Waals surface area contributed by atoms with Gasteiger partial charge in [-0.1, -0.05) is 53.7 Å². The number of carbonyl (C=O) groups excluding carboxylic acids is 1. The first kappa shape index (κ1) is 18.4. The number of carbonyl (C=O) groups is 1. The molecular weight excluding hydrogens is 361 g/mol. The summed E-state index contributed by atoms with van der Waals surface area (Å²) < 4.78 is 42.8. The summed E-state index contributed by atoms with van der Waals surface area (Å²) in [4.78, 5) is 12.2. The molecule has 27 heavy (non-hydrogen) atoms. The van der Waals surface area contributed by atoms with Gasteiger partial charge in [0.2, 0.25) is 0 Å². The topological polar surface area (TPSA) is 69.0 Å². The van der Waals surface area contributed by atoms with Gasteiger partial charge >= 0.3 is 6.36 Å². The molecule has 1 aromatic heterocycles. The van der Waals surface area contributed by atoms with Crippen molar-refractivity contribution in [3.05, 3.63) is 77.6 Å². The Balaban J connectivity index is 1.62. The molecule has 3 rings (SSSR count). The van der Waals surface area contributed by atoms with Crippen LogP contribution in [-0.2, 0) is 13.1 Å². The fourth-order valence-electron chi connectivity index (χ4n) is 2.39. The van der Waals surface area contributed by atoms with Crippen LogP contribution >= 0.6 is 0 Å². The van der Waals surface area contributed by atoms with E-state index in [1.807, 2.05) is 30.3 Å². The number of halogens is 3. The fourth-order valence-corrected chi connectivity index (χ4v) is 2.39. The Morgan fingerprint density at radius 1 is 1.07 bits per heavy atom. The lowest BCUT2D eigenvalue weighted by Crippen LogP contribution is -2.24. The number of hydrogen-bond acceptors (Lipinski definition) is 4. The molecule has 6 nitrogen and oxygen atoms in total. The molecule has 9 heteroatoms. The molecule has 0 unspecified atom stereocenters. The molecule has 0 fully saturated rings. The number of nitrogens with zero attached hydrogens (tertiary/aromatic N) is 3. The third kappa shape index (κ3) is 5.30.